The van der Waals surface area contributed by atoms with Crippen molar-refractivity contribution in [3.05, 3.63) is 65.0 Å². The molecule has 0 bridgehead atoms. The number of nitrogens with zero attached hydrogens (tertiary/aromatic N) is 3. The van der Waals surface area contributed by atoms with Crippen LogP contribution in [0.15, 0.2) is 53.1 Å². The molecule has 3 amide bonds. The van der Waals surface area contributed by atoms with Gasteiger partial charge in [-0.2, -0.15) is 4.98 Å². The normalized spacial score (nSPS) is 18.7. The average molecular weight is 467 g/mol. The molecule has 1 N–H and O–H groups in total. The number of nitrogens with one attached hydrogen (secondary N) is 1. The third kappa shape index (κ3) is 4.24. The minimum Gasteiger partial charge on any atom is -0.406 e. The van der Waals surface area contributed by atoms with E-state index in [1.165, 1.54) is 19.1 Å². The highest BCUT2D eigenvalue weighted by Gasteiger charge is 2.49. The fourth-order valence-electron chi connectivity index (χ4n) is 3.23. The fourth-order valence-corrected chi connectivity index (χ4v) is 3.42. The van der Waals surface area contributed by atoms with Crippen LogP contribution in [0.25, 0.3) is 11.4 Å². The summed E-state index contributed by atoms with van der Waals surface area (Å²) in [5.74, 6) is -0.827. The third-order valence-corrected chi connectivity index (χ3v) is 5.02. The monoisotopic (exact) mass is 466 g/mol. The summed E-state index contributed by atoms with van der Waals surface area (Å²) in [6, 6.07) is 10.7. The zero-order valence-corrected chi connectivity index (χ0v) is 17.1. The predicted octanol–water partition coefficient (Wildman–Crippen LogP) is 4.26. The van der Waals surface area contributed by atoms with E-state index >= 15 is 0 Å². The molecule has 3 aromatic rings. The lowest BCUT2D eigenvalue weighted by atomic mass is 9.92. The summed E-state index contributed by atoms with van der Waals surface area (Å²) in [7, 11) is 0. The van der Waals surface area contributed by atoms with Crippen molar-refractivity contribution in [2.24, 2.45) is 0 Å². The van der Waals surface area contributed by atoms with Crippen molar-refractivity contribution in [3.63, 3.8) is 0 Å². The number of aromatic nitrogens is 2. The van der Waals surface area contributed by atoms with Crippen LogP contribution < -0.4 is 10.1 Å². The molecule has 2 heterocycles. The number of alkyl halides is 3. The Bertz CT molecular complexity index is 1180. The fraction of sp³-hybridized carbons (Fsp3) is 0.200. The van der Waals surface area contributed by atoms with Crippen molar-refractivity contribution in [3.8, 4) is 17.1 Å². The number of benzene rings is 2. The predicted molar refractivity (Wildman–Crippen MR) is 104 cm³/mol. The van der Waals surface area contributed by atoms with Crippen molar-refractivity contribution in [2.75, 3.05) is 0 Å². The van der Waals surface area contributed by atoms with Crippen LogP contribution >= 0.6 is 11.6 Å². The lowest BCUT2D eigenvalue weighted by Crippen LogP contribution is -2.40. The van der Waals surface area contributed by atoms with Crippen LogP contribution in [0.4, 0.5) is 18.0 Å². The van der Waals surface area contributed by atoms with Crippen LogP contribution in [0.2, 0.25) is 5.02 Å². The summed E-state index contributed by atoms with van der Waals surface area (Å²) in [6.07, 6.45) is -4.84. The molecule has 1 atom stereocenters. The molecule has 166 valence electrons. The summed E-state index contributed by atoms with van der Waals surface area (Å²) in [5.41, 5.74) is -0.627. The van der Waals surface area contributed by atoms with Crippen LogP contribution in [0, 0.1) is 0 Å². The Morgan fingerprint density at radius 3 is 2.56 bits per heavy atom. The summed E-state index contributed by atoms with van der Waals surface area (Å²) < 4.78 is 46.0. The van der Waals surface area contributed by atoms with Gasteiger partial charge in [0.05, 0.1) is 0 Å². The van der Waals surface area contributed by atoms with E-state index in [2.05, 4.69) is 20.2 Å². The second kappa shape index (κ2) is 7.83. The Morgan fingerprint density at radius 2 is 1.91 bits per heavy atom. The lowest BCUT2D eigenvalue weighted by Gasteiger charge is -2.22. The van der Waals surface area contributed by atoms with E-state index in [1.807, 2.05) is 0 Å². The molecule has 1 aliphatic rings. The maximum atomic E-state index is 13.0. The standard InChI is InChI=1S/C20H14ClF3N4O4/c1-19(12-5-7-14(8-6-12)31-20(22,23)24)17(29)28(18(30)26-19)10-15-25-16(27-32-15)11-3-2-4-13(21)9-11/h2-9H,10H2,1H3,(H,26,30). The van der Waals surface area contributed by atoms with Gasteiger partial charge in [-0.3, -0.25) is 9.69 Å². The lowest BCUT2D eigenvalue weighted by molar-refractivity contribution is -0.274. The molecule has 4 rings (SSSR count). The summed E-state index contributed by atoms with van der Waals surface area (Å²) in [5, 5.41) is 6.86. The van der Waals surface area contributed by atoms with Crippen molar-refractivity contribution < 1.29 is 32.0 Å². The van der Waals surface area contributed by atoms with Gasteiger partial charge in [0.15, 0.2) is 0 Å². The quantitative estimate of drug-likeness (QED) is 0.564. The van der Waals surface area contributed by atoms with Gasteiger partial charge in [0.25, 0.3) is 5.91 Å². The minimum atomic E-state index is -4.84. The molecule has 1 aromatic heterocycles. The first-order valence-electron chi connectivity index (χ1n) is 9.14. The first-order chi connectivity index (χ1) is 15.0. The van der Waals surface area contributed by atoms with Gasteiger partial charge in [-0.25, -0.2) is 4.79 Å². The van der Waals surface area contributed by atoms with E-state index in [0.29, 0.717) is 10.6 Å². The van der Waals surface area contributed by atoms with E-state index in [4.69, 9.17) is 16.1 Å². The zero-order chi connectivity index (χ0) is 23.1. The van der Waals surface area contributed by atoms with Crippen molar-refractivity contribution in [1.29, 1.82) is 0 Å². The molecule has 8 nitrogen and oxygen atoms in total. The first kappa shape index (κ1) is 21.6. The molecule has 32 heavy (non-hydrogen) atoms. The van der Waals surface area contributed by atoms with Crippen molar-refractivity contribution in [2.45, 2.75) is 25.4 Å². The Labute approximate surface area is 183 Å². The van der Waals surface area contributed by atoms with Gasteiger partial charge in [-0.1, -0.05) is 41.0 Å². The highest BCUT2D eigenvalue weighted by atomic mass is 35.5. The van der Waals surface area contributed by atoms with Gasteiger partial charge < -0.3 is 14.6 Å². The summed E-state index contributed by atoms with van der Waals surface area (Å²) in [4.78, 5) is 30.5. The Kier molecular flexibility index (Phi) is 5.29. The molecular weight excluding hydrogens is 453 g/mol. The number of rotatable bonds is 5. The molecule has 0 radical (unpaired) electrons. The molecular formula is C20H14ClF3N4O4. The molecule has 1 aliphatic heterocycles. The molecule has 12 heteroatoms. The first-order valence-corrected chi connectivity index (χ1v) is 9.52. The number of amides is 3. The van der Waals surface area contributed by atoms with E-state index in [1.54, 1.807) is 24.3 Å². The Morgan fingerprint density at radius 1 is 1.19 bits per heavy atom. The summed E-state index contributed by atoms with van der Waals surface area (Å²) >= 11 is 5.95. The maximum absolute atomic E-state index is 13.0. The van der Waals surface area contributed by atoms with E-state index in [0.717, 1.165) is 17.0 Å². The highest BCUT2D eigenvalue weighted by molar-refractivity contribution is 6.30. The molecule has 1 saturated heterocycles. The van der Waals surface area contributed by atoms with E-state index in [-0.39, 0.29) is 23.8 Å². The number of carbonyl (C=O) groups is 2. The van der Waals surface area contributed by atoms with E-state index < -0.39 is 29.6 Å². The topological polar surface area (TPSA) is 97.6 Å². The van der Waals surface area contributed by atoms with Crippen molar-refractivity contribution >= 4 is 23.5 Å². The number of urea groups is 1. The van der Waals surface area contributed by atoms with Gasteiger partial charge in [0.1, 0.15) is 17.8 Å². The minimum absolute atomic E-state index is 0.0154. The Balaban J connectivity index is 1.52. The van der Waals surface area contributed by atoms with Crippen LogP contribution in [0.5, 0.6) is 5.75 Å². The number of hydrogen-bond donors (Lipinski definition) is 1. The number of ether oxygens (including phenoxy) is 1. The number of carbonyl (C=O) groups excluding carboxylic acids is 2. The van der Waals surface area contributed by atoms with Crippen LogP contribution in [-0.4, -0.2) is 33.3 Å². The van der Waals surface area contributed by atoms with Gasteiger partial charge in [-0.05, 0) is 36.8 Å². The smallest absolute Gasteiger partial charge is 0.406 e. The second-order valence-corrected chi connectivity index (χ2v) is 7.48. The van der Waals surface area contributed by atoms with Crippen LogP contribution in [0.3, 0.4) is 0 Å². The molecule has 2 aromatic carbocycles. The SMILES string of the molecule is CC1(c2ccc(OC(F)(F)F)cc2)NC(=O)N(Cc2nc(-c3cccc(Cl)c3)no2)C1=O. The maximum Gasteiger partial charge on any atom is 0.573 e. The zero-order valence-electron chi connectivity index (χ0n) is 16.3. The van der Waals surface area contributed by atoms with Crippen molar-refractivity contribution in [1.82, 2.24) is 20.4 Å². The third-order valence-electron chi connectivity index (χ3n) is 4.78. The number of hydrogen-bond acceptors (Lipinski definition) is 6. The molecule has 0 aliphatic carbocycles. The number of halogens is 4. The molecule has 1 unspecified atom stereocenters. The largest absolute Gasteiger partial charge is 0.573 e. The number of imide groups is 1. The highest BCUT2D eigenvalue weighted by Crippen LogP contribution is 2.32. The molecule has 0 saturated carbocycles. The van der Waals surface area contributed by atoms with Gasteiger partial charge in [0, 0.05) is 10.6 Å². The van der Waals surface area contributed by atoms with Crippen LogP contribution in [-0.2, 0) is 16.9 Å². The average Bonchev–Trinajstić information content (AvgIpc) is 3.27. The van der Waals surface area contributed by atoms with Crippen LogP contribution in [0.1, 0.15) is 18.4 Å². The summed E-state index contributed by atoms with van der Waals surface area (Å²) in [6.45, 7) is 1.15. The van der Waals surface area contributed by atoms with E-state index in [9.17, 15) is 22.8 Å². The molecule has 0 spiro atoms. The second-order valence-electron chi connectivity index (χ2n) is 7.04. The van der Waals surface area contributed by atoms with Gasteiger partial charge in [-0.15, -0.1) is 13.2 Å². The van der Waals surface area contributed by atoms with Gasteiger partial charge in [0.2, 0.25) is 11.7 Å². The van der Waals surface area contributed by atoms with Gasteiger partial charge >= 0.3 is 12.4 Å². The molecule has 1 fully saturated rings. The Hall–Kier alpha value is -3.60.